The van der Waals surface area contributed by atoms with E-state index in [1.54, 1.807) is 31.0 Å². The number of rotatable bonds is 5. The number of nitrogens with zero attached hydrogens (tertiary/aromatic N) is 3. The summed E-state index contributed by atoms with van der Waals surface area (Å²) in [6, 6.07) is 3.70. The Morgan fingerprint density at radius 3 is 2.84 bits per heavy atom. The Balaban J connectivity index is 2.14. The number of anilines is 1. The number of pyridine rings is 1. The third-order valence-electron chi connectivity index (χ3n) is 3.14. The molecule has 0 aliphatic heterocycles. The molecule has 0 saturated heterocycles. The van der Waals surface area contributed by atoms with E-state index in [0.29, 0.717) is 5.82 Å². The number of imidazole rings is 1. The molecule has 2 heterocycles. The third-order valence-corrected chi connectivity index (χ3v) is 4.51. The molecule has 0 aliphatic carbocycles. The van der Waals surface area contributed by atoms with Crippen molar-refractivity contribution in [2.45, 2.75) is 25.1 Å². The zero-order chi connectivity index (χ0) is 13.8. The van der Waals surface area contributed by atoms with E-state index in [1.165, 1.54) is 0 Å². The molecule has 19 heavy (non-hydrogen) atoms. The average Bonchev–Trinajstić information content (AvgIpc) is 2.85. The first-order valence-electron chi connectivity index (χ1n) is 6.12. The number of hydrogen-bond acceptors (Lipinski definition) is 4. The van der Waals surface area contributed by atoms with E-state index >= 15 is 0 Å². The maximum atomic E-state index is 11.4. The summed E-state index contributed by atoms with van der Waals surface area (Å²) in [6.45, 7) is 2.79. The Hall–Kier alpha value is -1.69. The van der Waals surface area contributed by atoms with Crippen molar-refractivity contribution in [3.63, 3.8) is 0 Å². The minimum absolute atomic E-state index is 0.180. The Bertz CT molecular complexity index is 564. The summed E-state index contributed by atoms with van der Waals surface area (Å²) in [4.78, 5) is 8.26. The molecular formula is C13H18N4OS. The molecule has 0 aromatic carbocycles. The van der Waals surface area contributed by atoms with Crippen LogP contribution in [0.2, 0.25) is 0 Å². The van der Waals surface area contributed by atoms with Gasteiger partial charge in [-0.1, -0.05) is 6.92 Å². The lowest BCUT2D eigenvalue weighted by atomic mass is 10.2. The fourth-order valence-electron chi connectivity index (χ4n) is 1.78. The van der Waals surface area contributed by atoms with Crippen molar-refractivity contribution in [3.05, 3.63) is 30.9 Å². The van der Waals surface area contributed by atoms with E-state index in [-0.39, 0.29) is 5.25 Å². The summed E-state index contributed by atoms with van der Waals surface area (Å²) < 4.78 is 13.4. The van der Waals surface area contributed by atoms with E-state index in [4.69, 9.17) is 5.73 Å². The minimum Gasteiger partial charge on any atom is -0.384 e. The predicted molar refractivity (Wildman–Crippen MR) is 78.0 cm³/mol. The van der Waals surface area contributed by atoms with Gasteiger partial charge in [-0.3, -0.25) is 4.21 Å². The molecule has 0 aliphatic rings. The summed E-state index contributed by atoms with van der Waals surface area (Å²) in [6.07, 6.45) is 7.93. The van der Waals surface area contributed by atoms with Gasteiger partial charge in [-0.25, -0.2) is 9.97 Å². The van der Waals surface area contributed by atoms with Crippen LogP contribution in [0.3, 0.4) is 0 Å². The van der Waals surface area contributed by atoms with Gasteiger partial charge in [0.2, 0.25) is 0 Å². The summed E-state index contributed by atoms with van der Waals surface area (Å²) in [7, 11) is -0.789. The fraction of sp³-hybridized carbons (Fsp3) is 0.385. The van der Waals surface area contributed by atoms with E-state index in [9.17, 15) is 4.21 Å². The molecule has 2 unspecified atom stereocenters. The Morgan fingerprint density at radius 1 is 1.42 bits per heavy atom. The van der Waals surface area contributed by atoms with Gasteiger partial charge < -0.3 is 10.3 Å². The second-order valence-corrected chi connectivity index (χ2v) is 6.34. The summed E-state index contributed by atoms with van der Waals surface area (Å²) in [5.74, 6) is 0.504. The smallest absolute Gasteiger partial charge is 0.123 e. The lowest BCUT2D eigenvalue weighted by molar-refractivity contribution is 0.622. The molecule has 6 heteroatoms. The van der Waals surface area contributed by atoms with Crippen LogP contribution in [0.25, 0.3) is 11.3 Å². The third kappa shape index (κ3) is 3.41. The van der Waals surface area contributed by atoms with Crippen molar-refractivity contribution < 1.29 is 4.21 Å². The van der Waals surface area contributed by atoms with E-state index < -0.39 is 10.8 Å². The quantitative estimate of drug-likeness (QED) is 0.903. The van der Waals surface area contributed by atoms with Gasteiger partial charge in [0, 0.05) is 40.6 Å². The SMILES string of the molecule is CC(CCn1cncc1-c1ccc(N)nc1)S(C)=O. The number of nitrogens with two attached hydrogens (primary N) is 1. The van der Waals surface area contributed by atoms with Gasteiger partial charge in [0.1, 0.15) is 5.82 Å². The van der Waals surface area contributed by atoms with Crippen LogP contribution in [-0.2, 0) is 17.3 Å². The normalized spacial score (nSPS) is 14.2. The van der Waals surface area contributed by atoms with Crippen LogP contribution in [-0.4, -0.2) is 30.2 Å². The van der Waals surface area contributed by atoms with Crippen molar-refractivity contribution in [2.75, 3.05) is 12.0 Å². The molecule has 0 spiro atoms. The van der Waals surface area contributed by atoms with Crippen LogP contribution < -0.4 is 5.73 Å². The first-order chi connectivity index (χ1) is 9.08. The molecule has 2 N–H and O–H groups in total. The average molecular weight is 278 g/mol. The highest BCUT2D eigenvalue weighted by molar-refractivity contribution is 7.84. The van der Waals surface area contributed by atoms with Crippen molar-refractivity contribution in [2.24, 2.45) is 0 Å². The van der Waals surface area contributed by atoms with Crippen LogP contribution in [0, 0.1) is 0 Å². The van der Waals surface area contributed by atoms with Crippen molar-refractivity contribution in [1.29, 1.82) is 0 Å². The number of nitrogen functional groups attached to an aromatic ring is 1. The van der Waals surface area contributed by atoms with Gasteiger partial charge in [-0.2, -0.15) is 0 Å². The van der Waals surface area contributed by atoms with Crippen molar-refractivity contribution in [3.8, 4) is 11.3 Å². The van der Waals surface area contributed by atoms with Crippen LogP contribution >= 0.6 is 0 Å². The van der Waals surface area contributed by atoms with Crippen molar-refractivity contribution >= 4 is 16.6 Å². The zero-order valence-electron chi connectivity index (χ0n) is 11.1. The maximum absolute atomic E-state index is 11.4. The molecule has 0 saturated carbocycles. The highest BCUT2D eigenvalue weighted by Gasteiger charge is 2.09. The zero-order valence-corrected chi connectivity index (χ0v) is 11.9. The minimum atomic E-state index is -0.789. The van der Waals surface area contributed by atoms with Gasteiger partial charge >= 0.3 is 0 Å². The summed E-state index contributed by atoms with van der Waals surface area (Å²) in [5.41, 5.74) is 7.57. The van der Waals surface area contributed by atoms with Crippen molar-refractivity contribution in [1.82, 2.24) is 14.5 Å². The van der Waals surface area contributed by atoms with Gasteiger partial charge in [-0.05, 0) is 18.6 Å². The van der Waals surface area contributed by atoms with E-state index in [0.717, 1.165) is 24.2 Å². The van der Waals surface area contributed by atoms with Gasteiger partial charge in [-0.15, -0.1) is 0 Å². The summed E-state index contributed by atoms with van der Waals surface area (Å²) in [5, 5.41) is 0.180. The second-order valence-electron chi connectivity index (χ2n) is 4.54. The lowest BCUT2D eigenvalue weighted by Crippen LogP contribution is -2.13. The summed E-state index contributed by atoms with van der Waals surface area (Å²) >= 11 is 0. The first kappa shape index (κ1) is 13.7. The molecule has 0 radical (unpaired) electrons. The van der Waals surface area contributed by atoms with Crippen LogP contribution in [0.1, 0.15) is 13.3 Å². The Labute approximate surface area is 115 Å². The topological polar surface area (TPSA) is 73.8 Å². The molecule has 0 bridgehead atoms. The second kappa shape index (κ2) is 5.97. The standard InChI is InChI=1S/C13H18N4OS/c1-10(19(2)18)5-6-17-9-15-8-12(17)11-3-4-13(14)16-7-11/h3-4,7-10H,5-6H2,1-2H3,(H2,14,16). The van der Waals surface area contributed by atoms with Crippen LogP contribution in [0.4, 0.5) is 5.82 Å². The van der Waals surface area contributed by atoms with Crippen LogP contribution in [0.5, 0.6) is 0 Å². The Morgan fingerprint density at radius 2 is 2.21 bits per heavy atom. The van der Waals surface area contributed by atoms with E-state index in [2.05, 4.69) is 14.5 Å². The molecule has 2 aromatic heterocycles. The molecule has 2 atom stereocenters. The fourth-order valence-corrected chi connectivity index (χ4v) is 2.22. The van der Waals surface area contributed by atoms with Gasteiger partial charge in [0.05, 0.1) is 18.2 Å². The number of hydrogen-bond donors (Lipinski definition) is 1. The molecule has 0 amide bonds. The largest absolute Gasteiger partial charge is 0.384 e. The highest BCUT2D eigenvalue weighted by atomic mass is 32.2. The number of aryl methyl sites for hydroxylation is 1. The monoisotopic (exact) mass is 278 g/mol. The van der Waals surface area contributed by atoms with Gasteiger partial charge in [0.25, 0.3) is 0 Å². The number of aromatic nitrogens is 3. The lowest BCUT2D eigenvalue weighted by Gasteiger charge is -2.11. The predicted octanol–water partition coefficient (Wildman–Crippen LogP) is 1.68. The molecule has 5 nitrogen and oxygen atoms in total. The molecule has 102 valence electrons. The van der Waals surface area contributed by atoms with Crippen LogP contribution in [0.15, 0.2) is 30.9 Å². The first-order valence-corrected chi connectivity index (χ1v) is 7.74. The molecule has 0 fully saturated rings. The van der Waals surface area contributed by atoms with Gasteiger partial charge in [0.15, 0.2) is 0 Å². The maximum Gasteiger partial charge on any atom is 0.123 e. The highest BCUT2D eigenvalue weighted by Crippen LogP contribution is 2.19. The molecule has 2 aromatic rings. The van der Waals surface area contributed by atoms with E-state index in [1.807, 2.05) is 13.0 Å². The molecular weight excluding hydrogens is 260 g/mol. The Kier molecular flexibility index (Phi) is 4.31. The molecule has 2 rings (SSSR count).